The SMILES string of the molecule is C=C(C)COc1cccc(NC(=O)COc2ccc(C(C)C)cc2)c1. The Morgan fingerprint density at radius 2 is 1.72 bits per heavy atom. The Kier molecular flexibility index (Phi) is 6.63. The molecule has 2 aromatic carbocycles. The molecular weight excluding hydrogens is 314 g/mol. The van der Waals surface area contributed by atoms with Gasteiger partial charge in [-0.05, 0) is 48.2 Å². The smallest absolute Gasteiger partial charge is 0.262 e. The number of carbonyl (C=O) groups is 1. The molecule has 0 aliphatic rings. The molecule has 2 aromatic rings. The minimum absolute atomic E-state index is 0.0438. The molecule has 0 heterocycles. The third-order valence-corrected chi connectivity index (χ3v) is 3.52. The fraction of sp³-hybridized carbons (Fsp3) is 0.286. The fourth-order valence-electron chi connectivity index (χ4n) is 2.17. The number of ether oxygens (including phenoxy) is 2. The molecule has 0 aliphatic carbocycles. The highest BCUT2D eigenvalue weighted by molar-refractivity contribution is 5.92. The summed E-state index contributed by atoms with van der Waals surface area (Å²) in [5, 5.41) is 2.80. The van der Waals surface area contributed by atoms with Gasteiger partial charge >= 0.3 is 0 Å². The average Bonchev–Trinajstić information content (AvgIpc) is 2.59. The van der Waals surface area contributed by atoms with Gasteiger partial charge in [-0.2, -0.15) is 0 Å². The van der Waals surface area contributed by atoms with Crippen molar-refractivity contribution in [3.05, 3.63) is 66.2 Å². The van der Waals surface area contributed by atoms with Crippen LogP contribution in [-0.2, 0) is 4.79 Å². The first kappa shape index (κ1) is 18.6. The lowest BCUT2D eigenvalue weighted by molar-refractivity contribution is -0.118. The summed E-state index contributed by atoms with van der Waals surface area (Å²) in [4.78, 5) is 12.0. The van der Waals surface area contributed by atoms with Gasteiger partial charge in [0.2, 0.25) is 0 Å². The van der Waals surface area contributed by atoms with Gasteiger partial charge in [0.15, 0.2) is 6.61 Å². The second-order valence-corrected chi connectivity index (χ2v) is 6.33. The highest BCUT2D eigenvalue weighted by Crippen LogP contribution is 2.19. The summed E-state index contributed by atoms with van der Waals surface area (Å²) in [7, 11) is 0. The second kappa shape index (κ2) is 8.92. The fourth-order valence-corrected chi connectivity index (χ4v) is 2.17. The molecule has 0 atom stereocenters. The van der Waals surface area contributed by atoms with E-state index in [9.17, 15) is 4.79 Å². The second-order valence-electron chi connectivity index (χ2n) is 6.33. The van der Waals surface area contributed by atoms with Crippen molar-refractivity contribution in [2.45, 2.75) is 26.7 Å². The predicted molar refractivity (Wildman–Crippen MR) is 101 cm³/mol. The molecule has 2 rings (SSSR count). The van der Waals surface area contributed by atoms with Crippen LogP contribution in [-0.4, -0.2) is 19.1 Å². The zero-order chi connectivity index (χ0) is 18.2. The van der Waals surface area contributed by atoms with Crippen LogP contribution in [0.3, 0.4) is 0 Å². The van der Waals surface area contributed by atoms with E-state index in [1.165, 1.54) is 5.56 Å². The number of hydrogen-bond acceptors (Lipinski definition) is 3. The molecule has 132 valence electrons. The summed E-state index contributed by atoms with van der Waals surface area (Å²) in [6.07, 6.45) is 0. The Hall–Kier alpha value is -2.75. The van der Waals surface area contributed by atoms with Gasteiger partial charge in [-0.15, -0.1) is 0 Å². The van der Waals surface area contributed by atoms with Gasteiger partial charge < -0.3 is 14.8 Å². The highest BCUT2D eigenvalue weighted by atomic mass is 16.5. The van der Waals surface area contributed by atoms with Crippen molar-refractivity contribution in [1.82, 2.24) is 0 Å². The van der Waals surface area contributed by atoms with E-state index in [-0.39, 0.29) is 12.5 Å². The molecule has 1 N–H and O–H groups in total. The zero-order valence-electron chi connectivity index (χ0n) is 15.0. The molecule has 0 saturated heterocycles. The van der Waals surface area contributed by atoms with Gasteiger partial charge in [-0.1, -0.05) is 38.6 Å². The third-order valence-electron chi connectivity index (χ3n) is 3.52. The Morgan fingerprint density at radius 3 is 2.36 bits per heavy atom. The average molecular weight is 339 g/mol. The molecule has 0 spiro atoms. The maximum atomic E-state index is 12.0. The van der Waals surface area contributed by atoms with Gasteiger partial charge in [0.25, 0.3) is 5.91 Å². The van der Waals surface area contributed by atoms with Crippen LogP contribution in [0.4, 0.5) is 5.69 Å². The van der Waals surface area contributed by atoms with Crippen molar-refractivity contribution in [3.63, 3.8) is 0 Å². The number of benzene rings is 2. The van der Waals surface area contributed by atoms with Crippen LogP contribution >= 0.6 is 0 Å². The molecule has 0 bridgehead atoms. The quantitative estimate of drug-likeness (QED) is 0.704. The van der Waals surface area contributed by atoms with Crippen LogP contribution in [0.5, 0.6) is 11.5 Å². The van der Waals surface area contributed by atoms with Crippen molar-refractivity contribution in [1.29, 1.82) is 0 Å². The van der Waals surface area contributed by atoms with E-state index in [0.29, 0.717) is 29.7 Å². The summed E-state index contributed by atoms with van der Waals surface area (Å²) in [6.45, 7) is 10.4. The van der Waals surface area contributed by atoms with E-state index in [4.69, 9.17) is 9.47 Å². The van der Waals surface area contributed by atoms with E-state index < -0.39 is 0 Å². The molecule has 0 aliphatic heterocycles. The summed E-state index contributed by atoms with van der Waals surface area (Å²) < 4.78 is 11.1. The van der Waals surface area contributed by atoms with Crippen molar-refractivity contribution >= 4 is 11.6 Å². The van der Waals surface area contributed by atoms with E-state index in [1.54, 1.807) is 6.07 Å². The number of rotatable bonds is 8. The van der Waals surface area contributed by atoms with Crippen molar-refractivity contribution in [2.24, 2.45) is 0 Å². The Labute approximate surface area is 149 Å². The molecule has 1 amide bonds. The Balaban J connectivity index is 1.85. The minimum atomic E-state index is -0.218. The molecule has 4 nitrogen and oxygen atoms in total. The molecule has 4 heteroatoms. The monoisotopic (exact) mass is 339 g/mol. The van der Waals surface area contributed by atoms with E-state index in [2.05, 4.69) is 25.7 Å². The lowest BCUT2D eigenvalue weighted by Gasteiger charge is -2.11. The number of carbonyl (C=O) groups excluding carboxylic acids is 1. The predicted octanol–water partition coefficient (Wildman–Crippen LogP) is 4.78. The standard InChI is InChI=1S/C21H25NO3/c1-15(2)13-24-20-7-5-6-18(12-20)22-21(23)14-25-19-10-8-17(9-11-19)16(3)4/h5-12,16H,1,13-14H2,2-4H3,(H,22,23). The maximum absolute atomic E-state index is 12.0. The Bertz CT molecular complexity index is 720. The van der Waals surface area contributed by atoms with Crippen LogP contribution in [0.15, 0.2) is 60.7 Å². The van der Waals surface area contributed by atoms with Gasteiger partial charge in [0.05, 0.1) is 0 Å². The van der Waals surface area contributed by atoms with E-state index in [1.807, 2.05) is 49.4 Å². The van der Waals surface area contributed by atoms with Crippen molar-refractivity contribution in [2.75, 3.05) is 18.5 Å². The molecule has 0 saturated carbocycles. The van der Waals surface area contributed by atoms with Crippen LogP contribution in [0.2, 0.25) is 0 Å². The van der Waals surface area contributed by atoms with Crippen LogP contribution < -0.4 is 14.8 Å². The minimum Gasteiger partial charge on any atom is -0.489 e. The summed E-state index contributed by atoms with van der Waals surface area (Å²) >= 11 is 0. The lowest BCUT2D eigenvalue weighted by atomic mass is 10.0. The molecule has 0 unspecified atom stereocenters. The first-order valence-corrected chi connectivity index (χ1v) is 8.34. The highest BCUT2D eigenvalue weighted by Gasteiger charge is 2.06. The molecule has 0 radical (unpaired) electrons. The molecule has 0 aromatic heterocycles. The summed E-state index contributed by atoms with van der Waals surface area (Å²) in [5.74, 6) is 1.62. The van der Waals surface area contributed by atoms with Crippen LogP contribution in [0.25, 0.3) is 0 Å². The number of amides is 1. The van der Waals surface area contributed by atoms with Crippen LogP contribution in [0, 0.1) is 0 Å². The number of nitrogens with one attached hydrogen (secondary N) is 1. The normalized spacial score (nSPS) is 10.4. The largest absolute Gasteiger partial charge is 0.489 e. The van der Waals surface area contributed by atoms with Gasteiger partial charge in [-0.25, -0.2) is 0 Å². The third kappa shape index (κ3) is 6.34. The van der Waals surface area contributed by atoms with E-state index in [0.717, 1.165) is 5.57 Å². The van der Waals surface area contributed by atoms with Crippen molar-refractivity contribution in [3.8, 4) is 11.5 Å². The molecule has 0 fully saturated rings. The maximum Gasteiger partial charge on any atom is 0.262 e. The summed E-state index contributed by atoms with van der Waals surface area (Å²) in [6, 6.07) is 15.0. The van der Waals surface area contributed by atoms with Gasteiger partial charge in [0, 0.05) is 11.8 Å². The lowest BCUT2D eigenvalue weighted by Crippen LogP contribution is -2.20. The van der Waals surface area contributed by atoms with E-state index >= 15 is 0 Å². The molecular formula is C21H25NO3. The first-order chi connectivity index (χ1) is 11.9. The topological polar surface area (TPSA) is 47.6 Å². The number of anilines is 1. The summed E-state index contributed by atoms with van der Waals surface area (Å²) in [5.41, 5.74) is 2.85. The first-order valence-electron chi connectivity index (χ1n) is 8.34. The zero-order valence-corrected chi connectivity index (χ0v) is 15.0. The van der Waals surface area contributed by atoms with Crippen molar-refractivity contribution < 1.29 is 14.3 Å². The molecule has 25 heavy (non-hydrogen) atoms. The van der Waals surface area contributed by atoms with Gasteiger partial charge in [-0.3, -0.25) is 4.79 Å². The van der Waals surface area contributed by atoms with Crippen LogP contribution in [0.1, 0.15) is 32.3 Å². The number of hydrogen-bond donors (Lipinski definition) is 1. The van der Waals surface area contributed by atoms with Gasteiger partial charge in [0.1, 0.15) is 18.1 Å². The Morgan fingerprint density at radius 1 is 1.04 bits per heavy atom.